The van der Waals surface area contributed by atoms with Crippen LogP contribution >= 0.6 is 0 Å². The first-order valence-corrected chi connectivity index (χ1v) is 8.99. The van der Waals surface area contributed by atoms with E-state index in [0.29, 0.717) is 26.0 Å². The number of aliphatic carboxylic acids is 2. The molecule has 0 unspecified atom stereocenters. The van der Waals surface area contributed by atoms with Gasteiger partial charge in [-0.1, -0.05) is 0 Å². The van der Waals surface area contributed by atoms with Crippen molar-refractivity contribution in [3.63, 3.8) is 0 Å². The van der Waals surface area contributed by atoms with E-state index in [2.05, 4.69) is 15.6 Å². The van der Waals surface area contributed by atoms with Gasteiger partial charge in [-0.25, -0.2) is 19.4 Å². The monoisotopic (exact) mass is 416 g/mol. The topological polar surface area (TPSA) is 167 Å². The van der Waals surface area contributed by atoms with Gasteiger partial charge in [-0.3, -0.25) is 15.0 Å². The number of carboxylic acids is 2. The van der Waals surface area contributed by atoms with Crippen molar-refractivity contribution in [1.82, 2.24) is 15.5 Å². The predicted octanol–water partition coefficient (Wildman–Crippen LogP) is -0.366. The van der Waals surface area contributed by atoms with Crippen LogP contribution < -0.4 is 10.6 Å². The SMILES string of the molecule is COCCN1C(=O)C2(CCNCC2)N=C1NC(=O)OC(C)(C)C.O=C(O)C(=O)O. The normalized spacial score (nSPS) is 17.9. The van der Waals surface area contributed by atoms with Crippen molar-refractivity contribution < 1.29 is 38.9 Å². The summed E-state index contributed by atoms with van der Waals surface area (Å²) in [5, 5.41) is 20.6. The van der Waals surface area contributed by atoms with Gasteiger partial charge >= 0.3 is 18.0 Å². The zero-order valence-corrected chi connectivity index (χ0v) is 17.0. The molecule has 1 fully saturated rings. The molecule has 0 bridgehead atoms. The molecule has 4 N–H and O–H groups in total. The van der Waals surface area contributed by atoms with Gasteiger partial charge in [0.25, 0.3) is 5.91 Å². The van der Waals surface area contributed by atoms with Crippen LogP contribution in [0.15, 0.2) is 4.99 Å². The largest absolute Gasteiger partial charge is 0.473 e. The summed E-state index contributed by atoms with van der Waals surface area (Å²) in [6.45, 7) is 7.52. The summed E-state index contributed by atoms with van der Waals surface area (Å²) >= 11 is 0. The molecule has 0 radical (unpaired) electrons. The van der Waals surface area contributed by atoms with E-state index in [1.165, 1.54) is 4.90 Å². The average molecular weight is 416 g/mol. The van der Waals surface area contributed by atoms with Crippen molar-refractivity contribution in [3.8, 4) is 0 Å². The van der Waals surface area contributed by atoms with Gasteiger partial charge in [0.2, 0.25) is 5.96 Å². The molecule has 2 aliphatic heterocycles. The Hall–Kier alpha value is -2.73. The molecule has 0 atom stereocenters. The average Bonchev–Trinajstić information content (AvgIpc) is 2.83. The van der Waals surface area contributed by atoms with Gasteiger partial charge in [0.05, 0.1) is 13.2 Å². The minimum absolute atomic E-state index is 0.0814. The summed E-state index contributed by atoms with van der Waals surface area (Å²) in [6, 6.07) is 0. The third-order valence-electron chi connectivity index (χ3n) is 3.96. The molecule has 2 amide bonds. The second kappa shape index (κ2) is 10.2. The number of nitrogens with one attached hydrogen (secondary N) is 2. The summed E-state index contributed by atoms with van der Waals surface area (Å²) in [5.41, 5.74) is -1.39. The molecule has 164 valence electrons. The highest BCUT2D eigenvalue weighted by atomic mass is 16.6. The van der Waals surface area contributed by atoms with E-state index in [1.54, 1.807) is 27.9 Å². The Kier molecular flexibility index (Phi) is 8.52. The Bertz CT molecular complexity index is 653. The third-order valence-corrected chi connectivity index (χ3v) is 3.96. The summed E-state index contributed by atoms with van der Waals surface area (Å²) in [5.74, 6) is -3.48. The van der Waals surface area contributed by atoms with Gasteiger partial charge in [0, 0.05) is 7.11 Å². The molecule has 2 heterocycles. The number of carbonyl (C=O) groups is 4. The highest BCUT2D eigenvalue weighted by Gasteiger charge is 2.49. The van der Waals surface area contributed by atoms with Crippen molar-refractivity contribution in [1.29, 1.82) is 0 Å². The number of rotatable bonds is 3. The first-order valence-electron chi connectivity index (χ1n) is 8.99. The fraction of sp³-hybridized carbons (Fsp3) is 0.706. The molecule has 0 aromatic carbocycles. The maximum atomic E-state index is 12.8. The number of hydrogen-bond donors (Lipinski definition) is 4. The van der Waals surface area contributed by atoms with Crippen molar-refractivity contribution >= 4 is 29.9 Å². The Morgan fingerprint density at radius 3 is 2.21 bits per heavy atom. The van der Waals surface area contributed by atoms with Crippen LogP contribution in [0.4, 0.5) is 4.79 Å². The van der Waals surface area contributed by atoms with E-state index in [0.717, 1.165) is 13.1 Å². The molecule has 0 aromatic heterocycles. The van der Waals surface area contributed by atoms with Crippen molar-refractivity contribution in [3.05, 3.63) is 0 Å². The number of guanidine groups is 1. The lowest BCUT2D eigenvalue weighted by Gasteiger charge is -2.29. The van der Waals surface area contributed by atoms with Crippen LogP contribution in [0.2, 0.25) is 0 Å². The first kappa shape index (κ1) is 24.3. The first-order chi connectivity index (χ1) is 13.4. The highest BCUT2D eigenvalue weighted by molar-refractivity contribution is 6.27. The molecule has 0 saturated carbocycles. The molecule has 12 nitrogen and oxygen atoms in total. The number of carboxylic acid groups (broad SMARTS) is 2. The van der Waals surface area contributed by atoms with E-state index < -0.39 is 29.2 Å². The quantitative estimate of drug-likeness (QED) is 0.449. The number of ether oxygens (including phenoxy) is 2. The Labute approximate surface area is 168 Å². The van der Waals surface area contributed by atoms with Crippen LogP contribution in [0.5, 0.6) is 0 Å². The van der Waals surface area contributed by atoms with Gasteiger partial charge in [-0.2, -0.15) is 0 Å². The molecular weight excluding hydrogens is 388 g/mol. The lowest BCUT2D eigenvalue weighted by molar-refractivity contribution is -0.159. The highest BCUT2D eigenvalue weighted by Crippen LogP contribution is 2.31. The van der Waals surface area contributed by atoms with E-state index in [9.17, 15) is 9.59 Å². The van der Waals surface area contributed by atoms with E-state index in [-0.39, 0.29) is 11.9 Å². The number of methoxy groups -OCH3 is 1. The van der Waals surface area contributed by atoms with Crippen LogP contribution in [-0.4, -0.2) is 89.5 Å². The van der Waals surface area contributed by atoms with Gasteiger partial charge < -0.3 is 25.0 Å². The van der Waals surface area contributed by atoms with Crippen LogP contribution in [-0.2, 0) is 23.9 Å². The zero-order chi connectivity index (χ0) is 22.2. The maximum absolute atomic E-state index is 12.8. The van der Waals surface area contributed by atoms with Crippen LogP contribution in [0.3, 0.4) is 0 Å². The van der Waals surface area contributed by atoms with Crippen LogP contribution in [0.1, 0.15) is 33.6 Å². The zero-order valence-electron chi connectivity index (χ0n) is 17.0. The molecule has 2 aliphatic rings. The lowest BCUT2D eigenvalue weighted by atomic mass is 9.88. The van der Waals surface area contributed by atoms with Gasteiger partial charge in [0.1, 0.15) is 11.1 Å². The molecular formula is C17H28N4O8. The van der Waals surface area contributed by atoms with Crippen molar-refractivity contribution in [2.75, 3.05) is 33.4 Å². The number of hydrogen-bond acceptors (Lipinski definition) is 8. The minimum Gasteiger partial charge on any atom is -0.473 e. The van der Waals surface area contributed by atoms with Gasteiger partial charge in [-0.15, -0.1) is 0 Å². The van der Waals surface area contributed by atoms with E-state index in [4.69, 9.17) is 29.3 Å². The summed E-state index contributed by atoms with van der Waals surface area (Å²) in [7, 11) is 1.57. The molecule has 0 aromatic rings. The summed E-state index contributed by atoms with van der Waals surface area (Å²) in [4.78, 5) is 49.1. The summed E-state index contributed by atoms with van der Waals surface area (Å²) < 4.78 is 10.3. The van der Waals surface area contributed by atoms with Gasteiger partial charge in [0.15, 0.2) is 0 Å². The Balaban J connectivity index is 0.000000612. The molecule has 1 spiro atoms. The molecule has 0 aliphatic carbocycles. The van der Waals surface area contributed by atoms with Crippen molar-refractivity contribution in [2.45, 2.75) is 44.8 Å². The smallest absolute Gasteiger partial charge is 0.414 e. The molecule has 12 heteroatoms. The third kappa shape index (κ3) is 7.31. The molecule has 2 rings (SSSR count). The number of carbonyl (C=O) groups excluding carboxylic acids is 2. The fourth-order valence-electron chi connectivity index (χ4n) is 2.70. The number of piperidine rings is 1. The van der Waals surface area contributed by atoms with E-state index >= 15 is 0 Å². The van der Waals surface area contributed by atoms with Crippen LogP contribution in [0, 0.1) is 0 Å². The number of alkyl carbamates (subject to hydrolysis) is 1. The number of amides is 2. The van der Waals surface area contributed by atoms with Crippen molar-refractivity contribution in [2.24, 2.45) is 4.99 Å². The summed E-state index contributed by atoms with van der Waals surface area (Å²) in [6.07, 6.45) is 0.626. The van der Waals surface area contributed by atoms with E-state index in [1.807, 2.05) is 0 Å². The Morgan fingerprint density at radius 2 is 1.76 bits per heavy atom. The predicted molar refractivity (Wildman–Crippen MR) is 101 cm³/mol. The van der Waals surface area contributed by atoms with Crippen LogP contribution in [0.25, 0.3) is 0 Å². The lowest BCUT2D eigenvalue weighted by Crippen LogP contribution is -2.51. The minimum atomic E-state index is -1.82. The number of aliphatic imine (C=N–C) groups is 1. The maximum Gasteiger partial charge on any atom is 0.414 e. The fourth-order valence-corrected chi connectivity index (χ4v) is 2.70. The Morgan fingerprint density at radius 1 is 1.21 bits per heavy atom. The standard InChI is InChI=1S/C15H26N4O4.C2H2O4/c1-14(2,3)23-13(21)17-12-18-15(5-7-16-8-6-15)11(20)19(12)9-10-22-4;3-1(4)2(5)6/h16H,5-10H2,1-4H3,(H,17,18,21);(H,3,4)(H,5,6). The second-order valence-electron chi connectivity index (χ2n) is 7.40. The van der Waals surface area contributed by atoms with Gasteiger partial charge in [-0.05, 0) is 46.7 Å². The molecule has 29 heavy (non-hydrogen) atoms. The second-order valence-corrected chi connectivity index (χ2v) is 7.40. The molecule has 1 saturated heterocycles. The number of nitrogens with zero attached hydrogens (tertiary/aromatic N) is 2.